The molecule has 0 aliphatic heterocycles. The molecular formula is C20H19F3N4O2. The molecule has 0 unspecified atom stereocenters. The van der Waals surface area contributed by atoms with E-state index in [4.69, 9.17) is 4.74 Å². The van der Waals surface area contributed by atoms with Crippen molar-refractivity contribution in [3.63, 3.8) is 0 Å². The number of alkyl halides is 3. The molecule has 2 aromatic heterocycles. The lowest BCUT2D eigenvalue weighted by atomic mass is 10.0. The number of methoxy groups -OCH3 is 1. The number of nitrogens with one attached hydrogen (secondary N) is 1. The van der Waals surface area contributed by atoms with Crippen LogP contribution in [0.25, 0.3) is 22.4 Å². The summed E-state index contributed by atoms with van der Waals surface area (Å²) in [5.74, 6) is 0.994. The van der Waals surface area contributed by atoms with Crippen molar-refractivity contribution >= 4 is 5.82 Å². The molecule has 1 aromatic carbocycles. The molecule has 0 amide bonds. The summed E-state index contributed by atoms with van der Waals surface area (Å²) in [5.41, 5.74) is 2.89. The molecule has 1 N–H and O–H groups in total. The molecule has 0 fully saturated rings. The van der Waals surface area contributed by atoms with Gasteiger partial charge in [-0.05, 0) is 30.7 Å². The number of hydrogen-bond acceptors (Lipinski definition) is 6. The van der Waals surface area contributed by atoms with Crippen molar-refractivity contribution in [2.75, 3.05) is 25.6 Å². The van der Waals surface area contributed by atoms with E-state index in [0.29, 0.717) is 36.1 Å². The zero-order valence-electron chi connectivity index (χ0n) is 15.8. The van der Waals surface area contributed by atoms with Gasteiger partial charge in [-0.3, -0.25) is 4.98 Å². The van der Waals surface area contributed by atoms with E-state index in [1.165, 1.54) is 12.1 Å². The zero-order chi connectivity index (χ0) is 20.9. The summed E-state index contributed by atoms with van der Waals surface area (Å²) in [4.78, 5) is 13.0. The van der Waals surface area contributed by atoms with Gasteiger partial charge >= 0.3 is 6.36 Å². The molecule has 152 valence electrons. The molecule has 0 aliphatic rings. The standard InChI is InChI=1S/C20H19F3N4O2/c1-13-26-18(10-19(27-13)25-7-8-28-2)16-9-15(11-24-12-16)14-3-5-17(6-4-14)29-20(21,22)23/h3-6,9-12H,7-8H2,1-2H3,(H,25,26,27). The zero-order valence-corrected chi connectivity index (χ0v) is 15.8. The van der Waals surface area contributed by atoms with Crippen LogP contribution >= 0.6 is 0 Å². The van der Waals surface area contributed by atoms with Crippen molar-refractivity contribution < 1.29 is 22.6 Å². The topological polar surface area (TPSA) is 69.2 Å². The highest BCUT2D eigenvalue weighted by Gasteiger charge is 2.30. The fourth-order valence-corrected chi connectivity index (χ4v) is 2.67. The Bertz CT molecular complexity index is 963. The van der Waals surface area contributed by atoms with Crippen LogP contribution in [0.4, 0.5) is 19.0 Å². The van der Waals surface area contributed by atoms with Gasteiger partial charge in [0.05, 0.1) is 12.3 Å². The fraction of sp³-hybridized carbons (Fsp3) is 0.250. The summed E-state index contributed by atoms with van der Waals surface area (Å²) in [6, 6.07) is 9.30. The molecule has 29 heavy (non-hydrogen) atoms. The first-order valence-corrected chi connectivity index (χ1v) is 8.74. The third-order valence-corrected chi connectivity index (χ3v) is 3.91. The summed E-state index contributed by atoms with van der Waals surface area (Å²) in [6.07, 6.45) is -1.41. The Morgan fingerprint density at radius 3 is 2.38 bits per heavy atom. The molecule has 3 aromatic rings. The third-order valence-electron chi connectivity index (χ3n) is 3.91. The average Bonchev–Trinajstić information content (AvgIpc) is 2.67. The minimum Gasteiger partial charge on any atom is -0.406 e. The van der Waals surface area contributed by atoms with Crippen LogP contribution in [0.5, 0.6) is 5.75 Å². The maximum Gasteiger partial charge on any atom is 0.573 e. The van der Waals surface area contributed by atoms with Crippen LogP contribution in [-0.4, -0.2) is 41.6 Å². The number of ether oxygens (including phenoxy) is 2. The van der Waals surface area contributed by atoms with Gasteiger partial charge in [-0.2, -0.15) is 0 Å². The normalized spacial score (nSPS) is 11.3. The van der Waals surface area contributed by atoms with Crippen LogP contribution < -0.4 is 10.1 Å². The van der Waals surface area contributed by atoms with Crippen LogP contribution in [0.3, 0.4) is 0 Å². The van der Waals surface area contributed by atoms with Gasteiger partial charge in [-0.1, -0.05) is 12.1 Å². The third kappa shape index (κ3) is 5.89. The van der Waals surface area contributed by atoms with E-state index in [-0.39, 0.29) is 5.75 Å². The van der Waals surface area contributed by atoms with E-state index >= 15 is 0 Å². The molecule has 3 rings (SSSR count). The minimum absolute atomic E-state index is 0.274. The minimum atomic E-state index is -4.72. The van der Waals surface area contributed by atoms with Crippen molar-refractivity contribution in [2.24, 2.45) is 0 Å². The number of aromatic nitrogens is 3. The predicted molar refractivity (Wildman–Crippen MR) is 102 cm³/mol. The molecule has 0 saturated heterocycles. The highest BCUT2D eigenvalue weighted by atomic mass is 19.4. The second-order valence-corrected chi connectivity index (χ2v) is 6.14. The van der Waals surface area contributed by atoms with E-state index in [1.807, 2.05) is 12.1 Å². The van der Waals surface area contributed by atoms with Gasteiger partial charge in [0, 0.05) is 43.2 Å². The van der Waals surface area contributed by atoms with Crippen LogP contribution in [0.2, 0.25) is 0 Å². The predicted octanol–water partition coefficient (Wildman–Crippen LogP) is 4.47. The van der Waals surface area contributed by atoms with Gasteiger partial charge < -0.3 is 14.8 Å². The van der Waals surface area contributed by atoms with Crippen molar-refractivity contribution in [2.45, 2.75) is 13.3 Å². The van der Waals surface area contributed by atoms with Crippen molar-refractivity contribution in [3.8, 4) is 28.1 Å². The second kappa shape index (κ2) is 8.87. The van der Waals surface area contributed by atoms with Gasteiger partial charge in [0.2, 0.25) is 0 Å². The van der Waals surface area contributed by atoms with Crippen molar-refractivity contribution in [3.05, 3.63) is 54.6 Å². The molecule has 0 saturated carbocycles. The van der Waals surface area contributed by atoms with E-state index < -0.39 is 6.36 Å². The molecule has 0 atom stereocenters. The Labute approximate surface area is 165 Å². The molecule has 9 heteroatoms. The molecular weight excluding hydrogens is 385 g/mol. The van der Waals surface area contributed by atoms with E-state index in [0.717, 1.165) is 11.1 Å². The highest BCUT2D eigenvalue weighted by molar-refractivity contribution is 5.71. The van der Waals surface area contributed by atoms with E-state index in [2.05, 4.69) is 25.0 Å². The van der Waals surface area contributed by atoms with Crippen LogP contribution in [0.15, 0.2) is 48.8 Å². The number of halogens is 3. The number of rotatable bonds is 7. The van der Waals surface area contributed by atoms with Gasteiger partial charge in [0.15, 0.2) is 0 Å². The SMILES string of the molecule is COCCNc1cc(-c2cncc(-c3ccc(OC(F)(F)F)cc3)c2)nc(C)n1. The van der Waals surface area contributed by atoms with Gasteiger partial charge in [-0.15, -0.1) is 13.2 Å². The Morgan fingerprint density at radius 2 is 1.69 bits per heavy atom. The Kier molecular flexibility index (Phi) is 6.28. The number of hydrogen-bond donors (Lipinski definition) is 1. The summed E-state index contributed by atoms with van der Waals surface area (Å²) >= 11 is 0. The fourth-order valence-electron chi connectivity index (χ4n) is 2.67. The lowest BCUT2D eigenvalue weighted by Gasteiger charge is -2.10. The van der Waals surface area contributed by atoms with Crippen LogP contribution in [-0.2, 0) is 4.74 Å². The first-order chi connectivity index (χ1) is 13.8. The summed E-state index contributed by atoms with van der Waals surface area (Å²) in [7, 11) is 1.62. The molecule has 6 nitrogen and oxygen atoms in total. The van der Waals surface area contributed by atoms with Gasteiger partial charge in [0.25, 0.3) is 0 Å². The summed E-state index contributed by atoms with van der Waals surface area (Å²) in [5, 5.41) is 3.17. The maximum absolute atomic E-state index is 12.3. The smallest absolute Gasteiger partial charge is 0.406 e. The number of pyridine rings is 1. The lowest BCUT2D eigenvalue weighted by Crippen LogP contribution is -2.16. The largest absolute Gasteiger partial charge is 0.573 e. The maximum atomic E-state index is 12.3. The van der Waals surface area contributed by atoms with Crippen molar-refractivity contribution in [1.29, 1.82) is 0 Å². The van der Waals surface area contributed by atoms with Gasteiger partial charge in [0.1, 0.15) is 17.4 Å². The Balaban J connectivity index is 1.84. The number of aryl methyl sites for hydroxylation is 1. The summed E-state index contributed by atoms with van der Waals surface area (Å²) in [6.45, 7) is 2.95. The quantitative estimate of drug-likeness (QED) is 0.586. The monoisotopic (exact) mass is 404 g/mol. The number of benzene rings is 1. The molecule has 2 heterocycles. The number of nitrogens with zero attached hydrogens (tertiary/aromatic N) is 3. The second-order valence-electron chi connectivity index (χ2n) is 6.14. The Morgan fingerprint density at radius 1 is 0.966 bits per heavy atom. The first kappa shape index (κ1) is 20.5. The molecule has 0 bridgehead atoms. The Hall–Kier alpha value is -3.20. The van der Waals surface area contributed by atoms with E-state index in [9.17, 15) is 13.2 Å². The van der Waals surface area contributed by atoms with E-state index in [1.54, 1.807) is 38.6 Å². The average molecular weight is 404 g/mol. The lowest BCUT2D eigenvalue weighted by molar-refractivity contribution is -0.274. The number of anilines is 1. The van der Waals surface area contributed by atoms with Crippen molar-refractivity contribution in [1.82, 2.24) is 15.0 Å². The molecule has 0 radical (unpaired) electrons. The first-order valence-electron chi connectivity index (χ1n) is 8.74. The highest BCUT2D eigenvalue weighted by Crippen LogP contribution is 2.28. The van der Waals surface area contributed by atoms with Crippen LogP contribution in [0.1, 0.15) is 5.82 Å². The summed E-state index contributed by atoms with van der Waals surface area (Å²) < 4.78 is 45.9. The van der Waals surface area contributed by atoms with Crippen LogP contribution in [0, 0.1) is 6.92 Å². The molecule has 0 aliphatic carbocycles. The molecule has 0 spiro atoms. The van der Waals surface area contributed by atoms with Gasteiger partial charge in [-0.25, -0.2) is 9.97 Å².